The van der Waals surface area contributed by atoms with Crippen LogP contribution in [-0.4, -0.2) is 41.7 Å². The summed E-state index contributed by atoms with van der Waals surface area (Å²) in [6.07, 6.45) is 7.86. The van der Waals surface area contributed by atoms with Crippen molar-refractivity contribution in [2.24, 2.45) is 5.73 Å². The number of likely N-dealkylation sites (N-methyl/N-ethyl adjacent to an activating group) is 1. The van der Waals surface area contributed by atoms with Crippen LogP contribution in [0.25, 0.3) is 0 Å². The third-order valence-electron chi connectivity index (χ3n) is 3.57. The van der Waals surface area contributed by atoms with Gasteiger partial charge in [0.05, 0.1) is 6.10 Å². The number of hydrogen-bond donors (Lipinski definition) is 2. The first-order valence-corrected chi connectivity index (χ1v) is 7.78. The van der Waals surface area contributed by atoms with Gasteiger partial charge in [0, 0.05) is 13.0 Å². The summed E-state index contributed by atoms with van der Waals surface area (Å²) < 4.78 is 0. The third-order valence-corrected chi connectivity index (χ3v) is 3.57. The summed E-state index contributed by atoms with van der Waals surface area (Å²) in [5.74, 6) is -0.195. The number of unbranched alkanes of at least 4 members (excludes halogenated alkanes) is 5. The first-order valence-electron chi connectivity index (χ1n) is 7.78. The maximum absolute atomic E-state index is 10.5. The van der Waals surface area contributed by atoms with Crippen molar-refractivity contribution >= 4 is 5.91 Å². The smallest absolute Gasteiger partial charge is 0.217 e. The maximum Gasteiger partial charge on any atom is 0.217 e. The number of aliphatic hydroxyl groups is 1. The van der Waals surface area contributed by atoms with Gasteiger partial charge in [-0.05, 0) is 25.9 Å². The van der Waals surface area contributed by atoms with Crippen molar-refractivity contribution in [3.05, 3.63) is 0 Å². The van der Waals surface area contributed by atoms with Crippen LogP contribution in [0.1, 0.15) is 65.2 Å². The van der Waals surface area contributed by atoms with Crippen LogP contribution in [0.4, 0.5) is 0 Å². The Labute approximate surface area is 118 Å². The molecule has 1 atom stereocenters. The zero-order chi connectivity index (χ0) is 14.5. The number of carbonyl (C=O) groups excluding carboxylic acids is 1. The Morgan fingerprint density at radius 2 is 1.58 bits per heavy atom. The summed E-state index contributed by atoms with van der Waals surface area (Å²) in [6, 6.07) is 0. The molecule has 0 aromatic carbocycles. The highest BCUT2D eigenvalue weighted by Gasteiger charge is 2.08. The van der Waals surface area contributed by atoms with E-state index in [9.17, 15) is 9.90 Å². The highest BCUT2D eigenvalue weighted by Crippen LogP contribution is 2.10. The molecule has 3 N–H and O–H groups in total. The minimum absolute atomic E-state index is 0.185. The second kappa shape index (κ2) is 12.4. The largest absolute Gasteiger partial charge is 0.392 e. The summed E-state index contributed by atoms with van der Waals surface area (Å²) in [7, 11) is 0. The Morgan fingerprint density at radius 1 is 1.05 bits per heavy atom. The molecular weight excluding hydrogens is 240 g/mol. The van der Waals surface area contributed by atoms with Crippen LogP contribution in [0, 0.1) is 0 Å². The number of primary amides is 1. The van der Waals surface area contributed by atoms with Gasteiger partial charge in [-0.2, -0.15) is 0 Å². The fraction of sp³-hybridized carbons (Fsp3) is 0.933. The van der Waals surface area contributed by atoms with Gasteiger partial charge in [-0.15, -0.1) is 0 Å². The monoisotopic (exact) mass is 272 g/mol. The molecule has 0 radical (unpaired) electrons. The van der Waals surface area contributed by atoms with E-state index in [0.717, 1.165) is 45.3 Å². The molecule has 0 fully saturated rings. The standard InChI is InChI=1S/C15H32N2O2/c1-3-17(4-2)13-14(18)11-9-7-5-6-8-10-12-15(16)19/h14,18H,3-13H2,1-2H3,(H2,16,19). The fourth-order valence-electron chi connectivity index (χ4n) is 2.26. The van der Waals surface area contributed by atoms with Gasteiger partial charge in [-0.1, -0.05) is 46.0 Å². The molecule has 0 saturated carbocycles. The predicted octanol–water partition coefficient (Wildman–Crippen LogP) is 2.30. The molecule has 0 rings (SSSR count). The lowest BCUT2D eigenvalue weighted by atomic mass is 10.1. The lowest BCUT2D eigenvalue weighted by Gasteiger charge is -2.21. The van der Waals surface area contributed by atoms with E-state index in [0.29, 0.717) is 6.42 Å². The normalized spacial score (nSPS) is 12.8. The number of rotatable bonds is 13. The van der Waals surface area contributed by atoms with E-state index in [4.69, 9.17) is 5.73 Å². The second-order valence-electron chi connectivity index (χ2n) is 5.27. The quantitative estimate of drug-likeness (QED) is 0.506. The molecule has 114 valence electrons. The highest BCUT2D eigenvalue weighted by molar-refractivity contribution is 5.73. The molecule has 0 bridgehead atoms. The van der Waals surface area contributed by atoms with E-state index < -0.39 is 0 Å². The topological polar surface area (TPSA) is 66.6 Å². The second-order valence-corrected chi connectivity index (χ2v) is 5.27. The molecule has 0 aliphatic carbocycles. The average molecular weight is 272 g/mol. The fourth-order valence-corrected chi connectivity index (χ4v) is 2.26. The minimum Gasteiger partial charge on any atom is -0.392 e. The molecule has 1 amide bonds. The number of nitrogens with zero attached hydrogens (tertiary/aromatic N) is 1. The summed E-state index contributed by atoms with van der Waals surface area (Å²) in [4.78, 5) is 12.8. The van der Waals surface area contributed by atoms with Crippen molar-refractivity contribution < 1.29 is 9.90 Å². The van der Waals surface area contributed by atoms with Gasteiger partial charge < -0.3 is 15.7 Å². The lowest BCUT2D eigenvalue weighted by molar-refractivity contribution is -0.118. The van der Waals surface area contributed by atoms with Gasteiger partial charge in [-0.3, -0.25) is 4.79 Å². The van der Waals surface area contributed by atoms with Crippen LogP contribution in [-0.2, 0) is 4.79 Å². The summed E-state index contributed by atoms with van der Waals surface area (Å²) >= 11 is 0. The summed E-state index contributed by atoms with van der Waals surface area (Å²) in [5, 5.41) is 9.89. The number of amides is 1. The van der Waals surface area contributed by atoms with Gasteiger partial charge in [-0.25, -0.2) is 0 Å². The maximum atomic E-state index is 10.5. The Bertz CT molecular complexity index is 218. The van der Waals surface area contributed by atoms with Gasteiger partial charge in [0.1, 0.15) is 0 Å². The molecular formula is C15H32N2O2. The zero-order valence-corrected chi connectivity index (χ0v) is 12.7. The SMILES string of the molecule is CCN(CC)CC(O)CCCCCCCCC(N)=O. The van der Waals surface area contributed by atoms with Crippen molar-refractivity contribution in [3.63, 3.8) is 0 Å². The summed E-state index contributed by atoms with van der Waals surface area (Å²) in [5.41, 5.74) is 5.08. The van der Waals surface area contributed by atoms with Crippen molar-refractivity contribution in [1.29, 1.82) is 0 Å². The number of nitrogens with two attached hydrogens (primary N) is 1. The lowest BCUT2D eigenvalue weighted by Crippen LogP contribution is -2.32. The summed E-state index contributed by atoms with van der Waals surface area (Å²) in [6.45, 7) is 7.07. The van der Waals surface area contributed by atoms with Crippen LogP contribution in [0.15, 0.2) is 0 Å². The van der Waals surface area contributed by atoms with Gasteiger partial charge in [0.25, 0.3) is 0 Å². The molecule has 0 aromatic rings. The van der Waals surface area contributed by atoms with E-state index in [1.54, 1.807) is 0 Å². The molecule has 4 nitrogen and oxygen atoms in total. The molecule has 0 aromatic heterocycles. The Balaban J connectivity index is 3.31. The van der Waals surface area contributed by atoms with Gasteiger partial charge in [0.2, 0.25) is 5.91 Å². The molecule has 19 heavy (non-hydrogen) atoms. The van der Waals surface area contributed by atoms with E-state index in [1.807, 2.05) is 0 Å². The van der Waals surface area contributed by atoms with Crippen molar-refractivity contribution in [2.45, 2.75) is 71.3 Å². The molecule has 0 saturated heterocycles. The minimum atomic E-state index is -0.195. The van der Waals surface area contributed by atoms with E-state index in [1.165, 1.54) is 19.3 Å². The average Bonchev–Trinajstić information content (AvgIpc) is 2.38. The van der Waals surface area contributed by atoms with Crippen molar-refractivity contribution in [2.75, 3.05) is 19.6 Å². The van der Waals surface area contributed by atoms with Crippen molar-refractivity contribution in [1.82, 2.24) is 4.90 Å². The predicted molar refractivity (Wildman–Crippen MR) is 79.9 cm³/mol. The van der Waals surface area contributed by atoms with Crippen LogP contribution in [0.5, 0.6) is 0 Å². The number of carbonyl (C=O) groups is 1. The van der Waals surface area contributed by atoms with Crippen molar-refractivity contribution in [3.8, 4) is 0 Å². The molecule has 0 aliphatic rings. The third kappa shape index (κ3) is 12.2. The molecule has 0 aliphatic heterocycles. The van der Waals surface area contributed by atoms with Crippen LogP contribution in [0.2, 0.25) is 0 Å². The van der Waals surface area contributed by atoms with Crippen LogP contribution >= 0.6 is 0 Å². The molecule has 0 heterocycles. The Hall–Kier alpha value is -0.610. The van der Waals surface area contributed by atoms with Crippen LogP contribution in [0.3, 0.4) is 0 Å². The van der Waals surface area contributed by atoms with E-state index in [2.05, 4.69) is 18.7 Å². The van der Waals surface area contributed by atoms with Crippen LogP contribution < -0.4 is 5.73 Å². The van der Waals surface area contributed by atoms with Gasteiger partial charge >= 0.3 is 0 Å². The number of aliphatic hydroxyl groups excluding tert-OH is 1. The Morgan fingerprint density at radius 3 is 2.11 bits per heavy atom. The van der Waals surface area contributed by atoms with E-state index in [-0.39, 0.29) is 12.0 Å². The van der Waals surface area contributed by atoms with E-state index >= 15 is 0 Å². The highest BCUT2D eigenvalue weighted by atomic mass is 16.3. The zero-order valence-electron chi connectivity index (χ0n) is 12.7. The molecule has 1 unspecified atom stereocenters. The first kappa shape index (κ1) is 18.4. The molecule has 0 spiro atoms. The van der Waals surface area contributed by atoms with Gasteiger partial charge in [0.15, 0.2) is 0 Å². The Kier molecular flexibility index (Phi) is 12.0. The molecule has 4 heteroatoms. The number of hydrogen-bond acceptors (Lipinski definition) is 3. The first-order chi connectivity index (χ1) is 9.10.